The van der Waals surface area contributed by atoms with E-state index in [1.165, 1.54) is 0 Å². The summed E-state index contributed by atoms with van der Waals surface area (Å²) >= 11 is 0. The molecule has 4 heterocycles. The number of hydrogen-bond acceptors (Lipinski definition) is 5. The average Bonchev–Trinajstić information content (AvgIpc) is 4.04. The highest BCUT2D eigenvalue weighted by Gasteiger charge is 2.17. The highest BCUT2D eigenvalue weighted by molar-refractivity contribution is 6.08. The van der Waals surface area contributed by atoms with Gasteiger partial charge < -0.3 is 13.3 Å². The first-order chi connectivity index (χ1) is 31.1. The molecule has 0 aliphatic carbocycles. The minimum atomic E-state index is 0.657. The van der Waals surface area contributed by atoms with Gasteiger partial charge in [-0.2, -0.15) is 0 Å². The summed E-state index contributed by atoms with van der Waals surface area (Å²) in [5.74, 6) is 0.657. The van der Waals surface area contributed by atoms with E-state index in [0.717, 1.165) is 127 Å². The molecule has 0 aliphatic rings. The minimum absolute atomic E-state index is 0.657. The molecule has 0 fully saturated rings. The second-order valence-corrected chi connectivity index (χ2v) is 16.1. The first-order valence-electron chi connectivity index (χ1n) is 21.1. The lowest BCUT2D eigenvalue weighted by molar-refractivity contribution is 0.668. The Morgan fingerprint density at radius 3 is 1.11 bits per heavy atom. The van der Waals surface area contributed by atoms with Gasteiger partial charge in [-0.05, 0) is 118 Å². The van der Waals surface area contributed by atoms with Crippen molar-refractivity contribution in [2.45, 2.75) is 0 Å². The molecule has 0 N–H and O–H groups in total. The van der Waals surface area contributed by atoms with Crippen molar-refractivity contribution in [3.8, 4) is 67.3 Å². The Morgan fingerprint density at radius 1 is 0.222 bits per heavy atom. The molecule has 4 aromatic heterocycles. The van der Waals surface area contributed by atoms with Crippen molar-refractivity contribution in [1.82, 2.24) is 9.97 Å². The van der Waals surface area contributed by atoms with Gasteiger partial charge in [0.2, 0.25) is 0 Å². The van der Waals surface area contributed by atoms with E-state index in [-0.39, 0.29) is 0 Å². The molecule has 63 heavy (non-hydrogen) atoms. The van der Waals surface area contributed by atoms with Crippen molar-refractivity contribution in [3.05, 3.63) is 206 Å². The standard InChI is InChI=1S/C58H34N2O3/c1-2-11-35(12-3-1)58-59-50(40-14-10-13-36(27-40)37-21-24-55-47(31-37)44-15-4-7-18-52(44)61-55)34-51(60-58)43-29-41(38-22-25-56-48(32-38)45-16-5-8-19-53(45)62-56)28-42(30-43)39-23-26-57-49(33-39)46-17-6-9-20-54(46)63-57/h1-34H. The summed E-state index contributed by atoms with van der Waals surface area (Å²) < 4.78 is 18.7. The summed E-state index contributed by atoms with van der Waals surface area (Å²) in [6.07, 6.45) is 0. The maximum Gasteiger partial charge on any atom is 0.160 e. The highest BCUT2D eigenvalue weighted by Crippen LogP contribution is 2.40. The van der Waals surface area contributed by atoms with E-state index < -0.39 is 0 Å². The van der Waals surface area contributed by atoms with Crippen LogP contribution in [0.2, 0.25) is 0 Å². The molecular weight excluding hydrogens is 773 g/mol. The minimum Gasteiger partial charge on any atom is -0.456 e. The Bertz CT molecular complexity index is 3800. The molecule has 0 aliphatic heterocycles. The molecule has 0 bridgehead atoms. The fourth-order valence-electron chi connectivity index (χ4n) is 9.14. The number of aromatic nitrogens is 2. The average molecular weight is 807 g/mol. The second kappa shape index (κ2) is 14.0. The van der Waals surface area contributed by atoms with E-state index in [1.807, 2.05) is 54.6 Å². The molecule has 0 radical (unpaired) electrons. The molecule has 5 nitrogen and oxygen atoms in total. The van der Waals surface area contributed by atoms with Crippen molar-refractivity contribution in [2.24, 2.45) is 0 Å². The van der Waals surface area contributed by atoms with Gasteiger partial charge in [-0.15, -0.1) is 0 Å². The maximum absolute atomic E-state index is 6.25. The van der Waals surface area contributed by atoms with Gasteiger partial charge in [-0.25, -0.2) is 9.97 Å². The summed E-state index contributed by atoms with van der Waals surface area (Å²) in [5, 5.41) is 6.55. The van der Waals surface area contributed by atoms with Crippen molar-refractivity contribution >= 4 is 65.8 Å². The van der Waals surface area contributed by atoms with Gasteiger partial charge in [0.05, 0.1) is 11.4 Å². The Labute approximate surface area is 361 Å². The topological polar surface area (TPSA) is 65.2 Å². The van der Waals surface area contributed by atoms with Crippen molar-refractivity contribution in [1.29, 1.82) is 0 Å². The van der Waals surface area contributed by atoms with Gasteiger partial charge in [-0.3, -0.25) is 0 Å². The van der Waals surface area contributed by atoms with E-state index in [0.29, 0.717) is 5.82 Å². The molecule has 0 atom stereocenters. The van der Waals surface area contributed by atoms with Crippen LogP contribution in [0, 0.1) is 0 Å². The third kappa shape index (κ3) is 6.01. The number of fused-ring (bicyclic) bond motifs is 9. The van der Waals surface area contributed by atoms with Crippen LogP contribution in [0.3, 0.4) is 0 Å². The lowest BCUT2D eigenvalue weighted by atomic mass is 9.93. The van der Waals surface area contributed by atoms with Crippen LogP contribution in [0.25, 0.3) is 133 Å². The summed E-state index contributed by atoms with van der Waals surface area (Å²) in [7, 11) is 0. The molecule has 13 rings (SSSR count). The molecule has 0 unspecified atom stereocenters. The fraction of sp³-hybridized carbons (Fsp3) is 0. The van der Waals surface area contributed by atoms with Crippen LogP contribution < -0.4 is 0 Å². The zero-order valence-corrected chi connectivity index (χ0v) is 33.7. The predicted octanol–water partition coefficient (Wildman–Crippen LogP) is 16.2. The van der Waals surface area contributed by atoms with Crippen LogP contribution in [0.15, 0.2) is 220 Å². The molecule has 9 aromatic carbocycles. The lowest BCUT2D eigenvalue weighted by Gasteiger charge is -2.14. The number of rotatable bonds is 6. The quantitative estimate of drug-likeness (QED) is 0.167. The van der Waals surface area contributed by atoms with Gasteiger partial charge in [0.15, 0.2) is 5.82 Å². The summed E-state index contributed by atoms with van der Waals surface area (Å²) in [5.41, 5.74) is 16.3. The van der Waals surface area contributed by atoms with E-state index in [1.54, 1.807) is 0 Å². The largest absolute Gasteiger partial charge is 0.456 e. The molecular formula is C58H34N2O3. The van der Waals surface area contributed by atoms with Gasteiger partial charge in [0, 0.05) is 49.0 Å². The van der Waals surface area contributed by atoms with Crippen molar-refractivity contribution in [3.63, 3.8) is 0 Å². The number of hydrogen-bond donors (Lipinski definition) is 0. The number of nitrogens with zero attached hydrogens (tertiary/aromatic N) is 2. The normalized spacial score (nSPS) is 11.8. The van der Waals surface area contributed by atoms with E-state index in [2.05, 4.69) is 152 Å². The zero-order valence-electron chi connectivity index (χ0n) is 33.7. The van der Waals surface area contributed by atoms with Crippen LogP contribution in [-0.4, -0.2) is 9.97 Å². The van der Waals surface area contributed by atoms with Crippen LogP contribution >= 0.6 is 0 Å². The third-order valence-corrected chi connectivity index (χ3v) is 12.3. The smallest absolute Gasteiger partial charge is 0.160 e. The highest BCUT2D eigenvalue weighted by atomic mass is 16.3. The van der Waals surface area contributed by atoms with E-state index in [9.17, 15) is 0 Å². The second-order valence-electron chi connectivity index (χ2n) is 16.1. The Kier molecular flexibility index (Phi) is 7.84. The Morgan fingerprint density at radius 2 is 0.587 bits per heavy atom. The third-order valence-electron chi connectivity index (χ3n) is 12.3. The van der Waals surface area contributed by atoms with Gasteiger partial charge in [0.25, 0.3) is 0 Å². The Balaban J connectivity index is 1.00. The molecule has 0 amide bonds. The lowest BCUT2D eigenvalue weighted by Crippen LogP contribution is -1.97. The molecule has 294 valence electrons. The molecule has 0 saturated carbocycles. The van der Waals surface area contributed by atoms with Gasteiger partial charge in [0.1, 0.15) is 33.5 Å². The SMILES string of the molecule is c1ccc(-c2nc(-c3cccc(-c4ccc5oc6ccccc6c5c4)c3)cc(-c3cc(-c4ccc5oc6ccccc6c5c4)cc(-c4ccc5oc6ccccc6c5c4)c3)n2)cc1. The van der Waals surface area contributed by atoms with Gasteiger partial charge in [-0.1, -0.05) is 121 Å². The molecule has 0 saturated heterocycles. The van der Waals surface area contributed by atoms with Crippen LogP contribution in [0.4, 0.5) is 0 Å². The maximum atomic E-state index is 6.25. The molecule has 5 heteroatoms. The van der Waals surface area contributed by atoms with E-state index in [4.69, 9.17) is 23.2 Å². The van der Waals surface area contributed by atoms with Crippen molar-refractivity contribution < 1.29 is 13.3 Å². The van der Waals surface area contributed by atoms with Crippen LogP contribution in [0.1, 0.15) is 0 Å². The summed E-state index contributed by atoms with van der Waals surface area (Å²) in [6.45, 7) is 0. The number of para-hydroxylation sites is 3. The number of benzene rings is 9. The predicted molar refractivity (Wildman–Crippen MR) is 256 cm³/mol. The summed E-state index contributed by atoms with van der Waals surface area (Å²) in [6, 6.07) is 71.8. The Hall–Kier alpha value is -8.54. The fourth-order valence-corrected chi connectivity index (χ4v) is 9.14. The monoisotopic (exact) mass is 806 g/mol. The summed E-state index contributed by atoms with van der Waals surface area (Å²) in [4.78, 5) is 10.6. The first-order valence-corrected chi connectivity index (χ1v) is 21.1. The van der Waals surface area contributed by atoms with Crippen LogP contribution in [-0.2, 0) is 0 Å². The van der Waals surface area contributed by atoms with Gasteiger partial charge >= 0.3 is 0 Å². The number of furan rings is 3. The van der Waals surface area contributed by atoms with Crippen LogP contribution in [0.5, 0.6) is 0 Å². The zero-order chi connectivity index (χ0) is 41.4. The molecule has 0 spiro atoms. The van der Waals surface area contributed by atoms with Crippen molar-refractivity contribution in [2.75, 3.05) is 0 Å². The molecule has 13 aromatic rings. The first kappa shape index (κ1) is 35.2. The van der Waals surface area contributed by atoms with E-state index >= 15 is 0 Å².